The molecule has 1 aromatic rings. The van der Waals surface area contributed by atoms with Gasteiger partial charge in [-0.05, 0) is 0 Å². The lowest BCUT2D eigenvalue weighted by molar-refractivity contribution is 0.0125. The third-order valence-electron chi connectivity index (χ3n) is 2.70. The number of aromatic amines is 1. The summed E-state index contributed by atoms with van der Waals surface area (Å²) in [7, 11) is 1.31. The van der Waals surface area contributed by atoms with Gasteiger partial charge in [0.1, 0.15) is 5.56 Å². The minimum atomic E-state index is -0.621. The zero-order valence-electron chi connectivity index (χ0n) is 9.93. The summed E-state index contributed by atoms with van der Waals surface area (Å²) in [6.45, 7) is 2.19. The van der Waals surface area contributed by atoms with Crippen LogP contribution in [-0.2, 0) is 11.8 Å². The van der Waals surface area contributed by atoms with Crippen molar-refractivity contribution in [1.82, 2.24) is 20.0 Å². The first-order valence-electron chi connectivity index (χ1n) is 5.52. The van der Waals surface area contributed by atoms with Crippen molar-refractivity contribution in [3.05, 3.63) is 32.6 Å². The fourth-order valence-corrected chi connectivity index (χ4v) is 1.61. The molecule has 0 spiro atoms. The molecule has 1 saturated heterocycles. The quantitative estimate of drug-likeness (QED) is 0.639. The molecule has 1 aliphatic rings. The average Bonchev–Trinajstić information content (AvgIpc) is 2.37. The van der Waals surface area contributed by atoms with Crippen molar-refractivity contribution >= 4 is 5.91 Å². The molecule has 1 fully saturated rings. The fraction of sp³-hybridized carbons (Fsp3) is 0.500. The molecule has 8 heteroatoms. The predicted molar refractivity (Wildman–Crippen MR) is 62.2 cm³/mol. The van der Waals surface area contributed by atoms with Gasteiger partial charge in [-0.25, -0.2) is 9.80 Å². The number of hydrogen-bond acceptors (Lipinski definition) is 5. The van der Waals surface area contributed by atoms with E-state index < -0.39 is 17.2 Å². The summed E-state index contributed by atoms with van der Waals surface area (Å²) in [6, 6.07) is 0. The molecule has 1 aliphatic heterocycles. The first-order valence-corrected chi connectivity index (χ1v) is 5.52. The number of H-pyrrole nitrogens is 1. The molecule has 1 amide bonds. The summed E-state index contributed by atoms with van der Waals surface area (Å²) in [4.78, 5) is 37.1. The molecule has 0 radical (unpaired) electrons. The number of hydrazine groups is 1. The molecule has 18 heavy (non-hydrogen) atoms. The first-order chi connectivity index (χ1) is 8.59. The normalized spacial score (nSPS) is 16.5. The maximum absolute atomic E-state index is 11.9. The summed E-state index contributed by atoms with van der Waals surface area (Å²) in [6.07, 6.45) is 1.13. The first kappa shape index (κ1) is 12.5. The maximum Gasteiger partial charge on any atom is 0.328 e. The summed E-state index contributed by atoms with van der Waals surface area (Å²) in [5.74, 6) is -0.534. The Kier molecular flexibility index (Phi) is 3.58. The van der Waals surface area contributed by atoms with Gasteiger partial charge in [0.15, 0.2) is 0 Å². The maximum atomic E-state index is 11.9. The van der Waals surface area contributed by atoms with Gasteiger partial charge >= 0.3 is 5.69 Å². The van der Waals surface area contributed by atoms with E-state index in [1.807, 2.05) is 0 Å². The van der Waals surface area contributed by atoms with Crippen LogP contribution in [0, 0.1) is 0 Å². The Morgan fingerprint density at radius 1 is 1.39 bits per heavy atom. The van der Waals surface area contributed by atoms with Crippen molar-refractivity contribution in [1.29, 1.82) is 0 Å². The molecule has 8 nitrogen and oxygen atoms in total. The molecule has 98 valence electrons. The van der Waals surface area contributed by atoms with Crippen molar-refractivity contribution in [3.63, 3.8) is 0 Å². The van der Waals surface area contributed by atoms with Gasteiger partial charge in [0.2, 0.25) is 0 Å². The van der Waals surface area contributed by atoms with Gasteiger partial charge < -0.3 is 9.72 Å². The van der Waals surface area contributed by atoms with E-state index in [4.69, 9.17) is 4.74 Å². The molecule has 0 aliphatic carbocycles. The van der Waals surface area contributed by atoms with Gasteiger partial charge in [-0.3, -0.25) is 19.6 Å². The molecule has 0 unspecified atom stereocenters. The predicted octanol–water partition coefficient (Wildman–Crippen LogP) is -1.95. The Bertz CT molecular complexity index is 556. The van der Waals surface area contributed by atoms with Crippen LogP contribution in [0.3, 0.4) is 0 Å². The van der Waals surface area contributed by atoms with Crippen LogP contribution in [0.15, 0.2) is 15.8 Å². The van der Waals surface area contributed by atoms with E-state index in [1.165, 1.54) is 7.05 Å². The molecular formula is C10H14N4O4. The summed E-state index contributed by atoms with van der Waals surface area (Å²) < 4.78 is 5.99. The van der Waals surface area contributed by atoms with Crippen molar-refractivity contribution in [2.45, 2.75) is 0 Å². The van der Waals surface area contributed by atoms with Crippen molar-refractivity contribution in [2.75, 3.05) is 26.3 Å². The SMILES string of the molecule is Cn1c(=O)[nH]cc(C(=O)NN2CCOCC2)c1=O. The summed E-state index contributed by atoms with van der Waals surface area (Å²) >= 11 is 0. The second-order valence-electron chi connectivity index (χ2n) is 3.91. The third kappa shape index (κ3) is 2.49. The highest BCUT2D eigenvalue weighted by atomic mass is 16.5. The average molecular weight is 254 g/mol. The lowest BCUT2D eigenvalue weighted by atomic mass is 10.3. The Morgan fingerprint density at radius 3 is 2.72 bits per heavy atom. The molecule has 2 N–H and O–H groups in total. The van der Waals surface area contributed by atoms with Crippen molar-refractivity contribution < 1.29 is 9.53 Å². The number of amides is 1. The van der Waals surface area contributed by atoms with E-state index in [9.17, 15) is 14.4 Å². The molecule has 0 atom stereocenters. The number of nitrogens with zero attached hydrogens (tertiary/aromatic N) is 2. The lowest BCUT2D eigenvalue weighted by Gasteiger charge is -2.26. The zero-order chi connectivity index (χ0) is 13.1. The van der Waals surface area contributed by atoms with Crippen molar-refractivity contribution in [3.8, 4) is 0 Å². The molecule has 2 heterocycles. The minimum Gasteiger partial charge on any atom is -0.379 e. The highest BCUT2D eigenvalue weighted by Crippen LogP contribution is 1.94. The van der Waals surface area contributed by atoms with Gasteiger partial charge in [-0.1, -0.05) is 0 Å². The van der Waals surface area contributed by atoms with Crippen LogP contribution in [0.5, 0.6) is 0 Å². The minimum absolute atomic E-state index is 0.0939. The summed E-state index contributed by atoms with van der Waals surface area (Å²) in [5.41, 5.74) is 1.33. The van der Waals surface area contributed by atoms with Crippen LogP contribution in [0.25, 0.3) is 0 Å². The van der Waals surface area contributed by atoms with Gasteiger partial charge in [0.05, 0.1) is 13.2 Å². The smallest absolute Gasteiger partial charge is 0.328 e. The highest BCUT2D eigenvalue weighted by molar-refractivity contribution is 5.93. The second-order valence-corrected chi connectivity index (χ2v) is 3.91. The topological polar surface area (TPSA) is 96.4 Å². The molecule has 0 saturated carbocycles. The number of aromatic nitrogens is 2. The van der Waals surface area contributed by atoms with Crippen LogP contribution >= 0.6 is 0 Å². The highest BCUT2D eigenvalue weighted by Gasteiger charge is 2.17. The molecule has 2 rings (SSSR count). The molecular weight excluding hydrogens is 240 g/mol. The second kappa shape index (κ2) is 5.15. The van der Waals surface area contributed by atoms with Crippen LogP contribution in [0.2, 0.25) is 0 Å². The number of carbonyl (C=O) groups excluding carboxylic acids is 1. The van der Waals surface area contributed by atoms with Gasteiger partial charge in [-0.2, -0.15) is 0 Å². The Labute approximate surface area is 102 Å². The Balaban J connectivity index is 2.16. The molecule has 1 aromatic heterocycles. The van der Waals surface area contributed by atoms with E-state index in [1.54, 1.807) is 5.01 Å². The van der Waals surface area contributed by atoms with E-state index in [0.29, 0.717) is 26.3 Å². The summed E-state index contributed by atoms with van der Waals surface area (Å²) in [5, 5.41) is 1.68. The number of ether oxygens (including phenoxy) is 1. The van der Waals surface area contributed by atoms with Gasteiger partial charge in [0, 0.05) is 26.3 Å². The Morgan fingerprint density at radius 2 is 2.06 bits per heavy atom. The van der Waals surface area contributed by atoms with Gasteiger partial charge in [0.25, 0.3) is 11.5 Å². The Hall–Kier alpha value is -1.93. The third-order valence-corrected chi connectivity index (χ3v) is 2.70. The number of rotatable bonds is 2. The monoisotopic (exact) mass is 254 g/mol. The number of hydrogen-bond donors (Lipinski definition) is 2. The lowest BCUT2D eigenvalue weighted by Crippen LogP contribution is -2.50. The molecule has 0 aromatic carbocycles. The number of carbonyl (C=O) groups is 1. The van der Waals surface area contributed by atoms with E-state index in [-0.39, 0.29) is 5.56 Å². The number of nitrogens with one attached hydrogen (secondary N) is 2. The zero-order valence-corrected chi connectivity index (χ0v) is 9.93. The largest absolute Gasteiger partial charge is 0.379 e. The van der Waals surface area contributed by atoms with E-state index in [0.717, 1.165) is 10.8 Å². The fourth-order valence-electron chi connectivity index (χ4n) is 1.61. The van der Waals surface area contributed by atoms with Crippen LogP contribution < -0.4 is 16.7 Å². The van der Waals surface area contributed by atoms with Gasteiger partial charge in [-0.15, -0.1) is 0 Å². The van der Waals surface area contributed by atoms with Crippen LogP contribution in [-0.4, -0.2) is 46.8 Å². The number of morpholine rings is 1. The van der Waals surface area contributed by atoms with E-state index in [2.05, 4.69) is 10.4 Å². The standard InChI is InChI=1S/C10H14N4O4/c1-13-9(16)7(6-11-10(13)17)8(15)12-14-2-4-18-5-3-14/h6H,2-5H2,1H3,(H,11,17)(H,12,15). The van der Waals surface area contributed by atoms with Crippen LogP contribution in [0.4, 0.5) is 0 Å². The van der Waals surface area contributed by atoms with Crippen molar-refractivity contribution in [2.24, 2.45) is 7.05 Å². The van der Waals surface area contributed by atoms with E-state index >= 15 is 0 Å². The van der Waals surface area contributed by atoms with Crippen LogP contribution in [0.1, 0.15) is 10.4 Å². The molecule has 0 bridgehead atoms.